The number of ether oxygens (including phenoxy) is 1. The molecule has 1 aliphatic rings. The summed E-state index contributed by atoms with van der Waals surface area (Å²) in [5, 5.41) is 0. The van der Waals surface area contributed by atoms with E-state index in [9.17, 15) is 9.59 Å². The van der Waals surface area contributed by atoms with Gasteiger partial charge in [-0.05, 0) is 28.9 Å². The molecule has 3 heterocycles. The van der Waals surface area contributed by atoms with Gasteiger partial charge in [0.05, 0.1) is 17.3 Å². The third kappa shape index (κ3) is 3.81. The number of nitrogens with zero attached hydrogens (tertiary/aromatic N) is 4. The smallest absolute Gasteiger partial charge is 0.253 e. The highest BCUT2D eigenvalue weighted by Gasteiger charge is 2.28. The van der Waals surface area contributed by atoms with Crippen LogP contribution < -0.4 is 10.3 Å². The van der Waals surface area contributed by atoms with Crippen LogP contribution >= 0.6 is 15.9 Å². The van der Waals surface area contributed by atoms with E-state index in [1.54, 1.807) is 30.3 Å². The summed E-state index contributed by atoms with van der Waals surface area (Å²) < 4.78 is 8.02. The van der Waals surface area contributed by atoms with Crippen molar-refractivity contribution < 1.29 is 9.53 Å². The van der Waals surface area contributed by atoms with Crippen LogP contribution in [0.4, 0.5) is 0 Å². The Labute approximate surface area is 147 Å². The highest BCUT2D eigenvalue weighted by Crippen LogP contribution is 2.26. The fraction of sp³-hybridized carbons (Fsp3) is 0.375. The number of aryl methyl sites for hydroxylation is 1. The Balaban J connectivity index is 1.60. The Bertz CT molecular complexity index is 808. The van der Waals surface area contributed by atoms with Gasteiger partial charge < -0.3 is 9.64 Å². The van der Waals surface area contributed by atoms with Crippen molar-refractivity contribution in [1.82, 2.24) is 19.4 Å². The van der Waals surface area contributed by atoms with E-state index in [0.29, 0.717) is 24.5 Å². The average molecular weight is 393 g/mol. The summed E-state index contributed by atoms with van der Waals surface area (Å²) in [7, 11) is 0. The van der Waals surface area contributed by atoms with E-state index >= 15 is 0 Å². The summed E-state index contributed by atoms with van der Waals surface area (Å²) in [6.45, 7) is 2.85. The number of hydrogen-bond acceptors (Lipinski definition) is 5. The minimum absolute atomic E-state index is 0.00220. The van der Waals surface area contributed by atoms with Gasteiger partial charge in [-0.3, -0.25) is 19.1 Å². The molecule has 0 spiro atoms. The normalized spacial score (nSPS) is 17.1. The van der Waals surface area contributed by atoms with Gasteiger partial charge in [-0.1, -0.05) is 0 Å². The molecule has 24 heavy (non-hydrogen) atoms. The van der Waals surface area contributed by atoms with E-state index < -0.39 is 0 Å². The molecular weight excluding hydrogens is 376 g/mol. The number of rotatable bonds is 4. The van der Waals surface area contributed by atoms with Gasteiger partial charge in [0.1, 0.15) is 18.4 Å². The summed E-state index contributed by atoms with van der Waals surface area (Å²) in [6.07, 6.45) is 5.43. The second-order valence-electron chi connectivity index (χ2n) is 5.67. The van der Waals surface area contributed by atoms with Crippen molar-refractivity contribution in [3.8, 4) is 5.75 Å². The molecule has 1 atom stereocenters. The maximum absolute atomic E-state index is 12.4. The zero-order chi connectivity index (χ0) is 17.1. The fourth-order valence-corrected chi connectivity index (χ4v) is 2.91. The number of likely N-dealkylation sites (tertiary alicyclic amines) is 1. The SMILES string of the molecule is Cc1cc(=O)n(CC(=O)N2CCC(Oc3ccncc3Br)C2)cn1. The molecule has 126 valence electrons. The zero-order valence-corrected chi connectivity index (χ0v) is 14.8. The molecule has 2 aromatic rings. The molecule has 2 aromatic heterocycles. The number of hydrogen-bond donors (Lipinski definition) is 0. The third-order valence-electron chi connectivity index (χ3n) is 3.85. The summed E-state index contributed by atoms with van der Waals surface area (Å²) in [5.41, 5.74) is 0.421. The molecular formula is C16H17BrN4O3. The minimum atomic E-state index is -0.219. The maximum Gasteiger partial charge on any atom is 0.253 e. The van der Waals surface area contributed by atoms with Crippen LogP contribution in [0.5, 0.6) is 5.75 Å². The fourth-order valence-electron chi connectivity index (χ4n) is 2.57. The lowest BCUT2D eigenvalue weighted by Crippen LogP contribution is -2.36. The predicted molar refractivity (Wildman–Crippen MR) is 90.8 cm³/mol. The van der Waals surface area contributed by atoms with Crippen molar-refractivity contribution in [3.05, 3.63) is 51.4 Å². The van der Waals surface area contributed by atoms with E-state index in [-0.39, 0.29) is 24.1 Å². The lowest BCUT2D eigenvalue weighted by Gasteiger charge is -2.18. The van der Waals surface area contributed by atoms with Crippen LogP contribution in [0.25, 0.3) is 0 Å². The van der Waals surface area contributed by atoms with Crippen molar-refractivity contribution in [2.45, 2.75) is 26.0 Å². The van der Waals surface area contributed by atoms with Crippen molar-refractivity contribution in [2.75, 3.05) is 13.1 Å². The minimum Gasteiger partial charge on any atom is -0.487 e. The van der Waals surface area contributed by atoms with Crippen molar-refractivity contribution in [1.29, 1.82) is 0 Å². The Morgan fingerprint density at radius 3 is 3.08 bits per heavy atom. The van der Waals surface area contributed by atoms with E-state index in [4.69, 9.17) is 4.74 Å². The van der Waals surface area contributed by atoms with Gasteiger partial charge >= 0.3 is 0 Å². The largest absolute Gasteiger partial charge is 0.487 e. The predicted octanol–water partition coefficient (Wildman–Crippen LogP) is 1.39. The number of aromatic nitrogens is 3. The molecule has 3 rings (SSSR count). The van der Waals surface area contributed by atoms with Crippen LogP contribution in [0.3, 0.4) is 0 Å². The van der Waals surface area contributed by atoms with E-state index in [1.165, 1.54) is 17.0 Å². The van der Waals surface area contributed by atoms with Gasteiger partial charge in [0.2, 0.25) is 5.91 Å². The molecule has 8 heteroatoms. The second-order valence-corrected chi connectivity index (χ2v) is 6.53. The quantitative estimate of drug-likeness (QED) is 0.785. The summed E-state index contributed by atoms with van der Waals surface area (Å²) in [4.78, 5) is 34.0. The molecule has 0 aliphatic carbocycles. The summed E-state index contributed by atoms with van der Waals surface area (Å²) in [5.74, 6) is 0.603. The standard InChI is InChI=1S/C16H17BrN4O3/c1-11-6-15(22)21(10-19-11)9-16(23)20-5-3-12(8-20)24-14-2-4-18-7-13(14)17/h2,4,6-7,10,12H,3,5,8-9H2,1H3. The molecule has 7 nitrogen and oxygen atoms in total. The van der Waals surface area contributed by atoms with E-state index in [1.807, 2.05) is 0 Å². The van der Waals surface area contributed by atoms with Crippen LogP contribution in [0.15, 0.2) is 40.1 Å². The lowest BCUT2D eigenvalue weighted by molar-refractivity contribution is -0.131. The van der Waals surface area contributed by atoms with E-state index in [0.717, 1.165) is 10.9 Å². The molecule has 0 radical (unpaired) electrons. The molecule has 0 aromatic carbocycles. The topological polar surface area (TPSA) is 77.3 Å². The van der Waals surface area contributed by atoms with Gasteiger partial charge in [0.25, 0.3) is 5.56 Å². The summed E-state index contributed by atoms with van der Waals surface area (Å²) in [6, 6.07) is 3.20. The van der Waals surface area contributed by atoms with Gasteiger partial charge in [-0.2, -0.15) is 0 Å². The first-order valence-corrected chi connectivity index (χ1v) is 8.39. The number of halogens is 1. The second kappa shape index (κ2) is 7.12. The molecule has 1 amide bonds. The van der Waals surface area contributed by atoms with Crippen LogP contribution in [-0.2, 0) is 11.3 Å². The number of pyridine rings is 1. The Morgan fingerprint density at radius 1 is 1.50 bits per heavy atom. The molecule has 1 aliphatic heterocycles. The number of carbonyl (C=O) groups excluding carboxylic acids is 1. The Hall–Kier alpha value is -2.22. The van der Waals surface area contributed by atoms with Gasteiger partial charge in [0, 0.05) is 37.1 Å². The highest BCUT2D eigenvalue weighted by atomic mass is 79.9. The average Bonchev–Trinajstić information content (AvgIpc) is 3.01. The molecule has 1 fully saturated rings. The number of carbonyl (C=O) groups is 1. The van der Waals surface area contributed by atoms with Crippen LogP contribution in [0.1, 0.15) is 12.1 Å². The van der Waals surface area contributed by atoms with Crippen molar-refractivity contribution >= 4 is 21.8 Å². The van der Waals surface area contributed by atoms with Crippen LogP contribution in [0.2, 0.25) is 0 Å². The van der Waals surface area contributed by atoms with Gasteiger partial charge in [-0.15, -0.1) is 0 Å². The van der Waals surface area contributed by atoms with Crippen molar-refractivity contribution in [2.24, 2.45) is 0 Å². The first kappa shape index (κ1) is 16.6. The van der Waals surface area contributed by atoms with Crippen molar-refractivity contribution in [3.63, 3.8) is 0 Å². The highest BCUT2D eigenvalue weighted by molar-refractivity contribution is 9.10. The number of amides is 1. The lowest BCUT2D eigenvalue weighted by atomic mass is 10.3. The van der Waals surface area contributed by atoms with Crippen LogP contribution in [0, 0.1) is 6.92 Å². The zero-order valence-electron chi connectivity index (χ0n) is 13.2. The molecule has 1 unspecified atom stereocenters. The van der Waals surface area contributed by atoms with Gasteiger partial charge in [0.15, 0.2) is 0 Å². The van der Waals surface area contributed by atoms with Crippen LogP contribution in [-0.4, -0.2) is 44.5 Å². The molecule has 0 bridgehead atoms. The van der Waals surface area contributed by atoms with E-state index in [2.05, 4.69) is 25.9 Å². The first-order valence-electron chi connectivity index (χ1n) is 7.60. The molecule has 1 saturated heterocycles. The van der Waals surface area contributed by atoms with Gasteiger partial charge in [-0.25, -0.2) is 4.98 Å². The monoisotopic (exact) mass is 392 g/mol. The Kier molecular flexibility index (Phi) is 4.94. The molecule has 0 N–H and O–H groups in total. The summed E-state index contributed by atoms with van der Waals surface area (Å²) >= 11 is 3.39. The molecule has 0 saturated carbocycles. The first-order chi connectivity index (χ1) is 11.5. The maximum atomic E-state index is 12.4. The third-order valence-corrected chi connectivity index (χ3v) is 4.44. The Morgan fingerprint density at radius 2 is 2.33 bits per heavy atom.